The van der Waals surface area contributed by atoms with Gasteiger partial charge in [0, 0.05) is 36.5 Å². The van der Waals surface area contributed by atoms with Crippen LogP contribution in [0.1, 0.15) is 43.5 Å². The summed E-state index contributed by atoms with van der Waals surface area (Å²) in [7, 11) is 0. The zero-order valence-corrected chi connectivity index (χ0v) is 13.0. The van der Waals surface area contributed by atoms with Gasteiger partial charge >= 0.3 is 0 Å². The molecule has 1 aromatic rings. The summed E-state index contributed by atoms with van der Waals surface area (Å²) in [5, 5.41) is 1.20. The van der Waals surface area contributed by atoms with E-state index in [0.29, 0.717) is 12.5 Å². The highest BCUT2D eigenvalue weighted by Gasteiger charge is 2.22. The Bertz CT molecular complexity index is 428. The van der Waals surface area contributed by atoms with Crippen LogP contribution in [0.2, 0.25) is 0 Å². The molecule has 106 valence electrons. The van der Waals surface area contributed by atoms with Crippen LogP contribution in [-0.4, -0.2) is 34.8 Å². The van der Waals surface area contributed by atoms with Gasteiger partial charge in [-0.2, -0.15) is 0 Å². The highest BCUT2D eigenvalue weighted by Crippen LogP contribution is 2.24. The van der Waals surface area contributed by atoms with Crippen molar-refractivity contribution in [2.24, 2.45) is 5.92 Å². The van der Waals surface area contributed by atoms with Gasteiger partial charge in [-0.3, -0.25) is 4.79 Å². The summed E-state index contributed by atoms with van der Waals surface area (Å²) in [5.74, 6) is 0.950. The van der Waals surface area contributed by atoms with E-state index in [4.69, 9.17) is 0 Å². The minimum atomic E-state index is 0.221. The monoisotopic (exact) mass is 280 g/mol. The number of hydrogen-bond donors (Lipinski definition) is 0. The fourth-order valence-corrected chi connectivity index (χ4v) is 3.86. The molecule has 1 aromatic heterocycles. The van der Waals surface area contributed by atoms with Gasteiger partial charge in [0.05, 0.1) is 5.01 Å². The van der Waals surface area contributed by atoms with E-state index in [2.05, 4.69) is 23.7 Å². The number of aromatic nitrogens is 1. The molecule has 19 heavy (non-hydrogen) atoms. The fourth-order valence-electron chi connectivity index (χ4n) is 2.75. The Labute approximate surface area is 120 Å². The van der Waals surface area contributed by atoms with Crippen molar-refractivity contribution in [3.8, 4) is 0 Å². The van der Waals surface area contributed by atoms with E-state index in [1.807, 2.05) is 6.20 Å². The molecule has 2 rings (SSSR count). The minimum absolute atomic E-state index is 0.221. The van der Waals surface area contributed by atoms with Crippen LogP contribution in [0.4, 0.5) is 0 Å². The molecule has 0 radical (unpaired) electrons. The Kier molecular flexibility index (Phi) is 5.11. The average Bonchev–Trinajstić information content (AvgIpc) is 2.76. The van der Waals surface area contributed by atoms with Crippen molar-refractivity contribution in [1.29, 1.82) is 0 Å². The van der Waals surface area contributed by atoms with Gasteiger partial charge in [0.2, 0.25) is 0 Å². The van der Waals surface area contributed by atoms with Crippen molar-refractivity contribution in [2.75, 3.05) is 13.1 Å². The lowest BCUT2D eigenvalue weighted by atomic mass is 9.94. The summed E-state index contributed by atoms with van der Waals surface area (Å²) in [4.78, 5) is 19.3. The molecule has 0 aliphatic carbocycles. The molecule has 1 unspecified atom stereocenters. The average molecular weight is 280 g/mol. The lowest BCUT2D eigenvalue weighted by Gasteiger charge is -2.35. The number of likely N-dealkylation sites (tertiary alicyclic amines) is 1. The first-order valence-corrected chi connectivity index (χ1v) is 8.03. The van der Waals surface area contributed by atoms with Gasteiger partial charge in [-0.25, -0.2) is 4.98 Å². The molecule has 0 bridgehead atoms. The van der Waals surface area contributed by atoms with Gasteiger partial charge in [0.25, 0.3) is 0 Å². The number of piperidine rings is 1. The number of ketones is 1. The minimum Gasteiger partial charge on any atom is -0.301 e. The van der Waals surface area contributed by atoms with E-state index in [1.165, 1.54) is 30.9 Å². The lowest BCUT2D eigenvalue weighted by molar-refractivity contribution is -0.116. The number of Topliss-reactive ketones (excluding diaryl/α,β-unsaturated/α-hetero) is 1. The molecule has 0 spiro atoms. The van der Waals surface area contributed by atoms with Crippen LogP contribution in [0.3, 0.4) is 0 Å². The number of rotatable bonds is 5. The second kappa shape index (κ2) is 6.62. The van der Waals surface area contributed by atoms with Gasteiger partial charge in [-0.05, 0) is 46.1 Å². The van der Waals surface area contributed by atoms with E-state index < -0.39 is 0 Å². The quantitative estimate of drug-likeness (QED) is 0.831. The summed E-state index contributed by atoms with van der Waals surface area (Å²) in [6.07, 6.45) is 6.11. The van der Waals surface area contributed by atoms with Gasteiger partial charge < -0.3 is 4.90 Å². The molecule has 0 amide bonds. The van der Waals surface area contributed by atoms with Crippen molar-refractivity contribution < 1.29 is 4.79 Å². The van der Waals surface area contributed by atoms with Gasteiger partial charge in [-0.15, -0.1) is 11.3 Å². The van der Waals surface area contributed by atoms with Crippen LogP contribution >= 0.6 is 11.3 Å². The topological polar surface area (TPSA) is 33.2 Å². The number of hydrogen-bond acceptors (Lipinski definition) is 4. The summed E-state index contributed by atoms with van der Waals surface area (Å²) >= 11 is 1.71. The second-order valence-electron chi connectivity index (χ2n) is 5.90. The summed E-state index contributed by atoms with van der Waals surface area (Å²) in [6.45, 7) is 8.62. The zero-order valence-electron chi connectivity index (χ0n) is 12.2. The summed E-state index contributed by atoms with van der Waals surface area (Å²) in [5.41, 5.74) is 0. The van der Waals surface area contributed by atoms with E-state index in [0.717, 1.165) is 17.2 Å². The molecule has 1 saturated heterocycles. The molecule has 0 aromatic carbocycles. The zero-order chi connectivity index (χ0) is 13.8. The molecule has 1 aliphatic heterocycles. The van der Waals surface area contributed by atoms with Crippen molar-refractivity contribution in [3.05, 3.63) is 16.1 Å². The summed E-state index contributed by atoms with van der Waals surface area (Å²) < 4.78 is 0. The highest BCUT2D eigenvalue weighted by atomic mass is 32.1. The first kappa shape index (κ1) is 14.7. The van der Waals surface area contributed by atoms with Crippen molar-refractivity contribution in [1.82, 2.24) is 9.88 Å². The third kappa shape index (κ3) is 4.39. The van der Waals surface area contributed by atoms with E-state index >= 15 is 0 Å². The lowest BCUT2D eigenvalue weighted by Crippen LogP contribution is -2.40. The molecular weight excluding hydrogens is 256 g/mol. The number of nitrogens with zero attached hydrogens (tertiary/aromatic N) is 2. The molecule has 0 saturated carbocycles. The van der Waals surface area contributed by atoms with Crippen molar-refractivity contribution in [2.45, 2.75) is 52.5 Å². The van der Waals surface area contributed by atoms with E-state index in [1.54, 1.807) is 18.3 Å². The molecule has 4 heteroatoms. The summed E-state index contributed by atoms with van der Waals surface area (Å²) in [6, 6.07) is 0.646. The first-order chi connectivity index (χ1) is 9.04. The molecular formula is C15H24N2OS. The van der Waals surface area contributed by atoms with Crippen molar-refractivity contribution >= 4 is 17.1 Å². The Hall–Kier alpha value is -0.740. The van der Waals surface area contributed by atoms with Crippen LogP contribution in [0, 0.1) is 5.92 Å². The molecule has 1 atom stereocenters. The largest absolute Gasteiger partial charge is 0.301 e. The van der Waals surface area contributed by atoms with Crippen LogP contribution in [0.15, 0.2) is 6.20 Å². The SMILES string of the molecule is CC(=O)Cc1cnc(CC2CCCN(C(C)C)C2)s1. The predicted molar refractivity (Wildman–Crippen MR) is 79.6 cm³/mol. The Balaban J connectivity index is 1.89. The van der Waals surface area contributed by atoms with Crippen molar-refractivity contribution in [3.63, 3.8) is 0 Å². The maximum atomic E-state index is 11.1. The van der Waals surface area contributed by atoms with Crippen LogP contribution in [-0.2, 0) is 17.6 Å². The maximum Gasteiger partial charge on any atom is 0.135 e. The Morgan fingerprint density at radius 1 is 1.58 bits per heavy atom. The predicted octanol–water partition coefficient (Wildman–Crippen LogP) is 2.94. The molecule has 0 N–H and O–H groups in total. The van der Waals surface area contributed by atoms with Crippen LogP contribution < -0.4 is 0 Å². The van der Waals surface area contributed by atoms with E-state index in [-0.39, 0.29) is 5.78 Å². The van der Waals surface area contributed by atoms with Gasteiger partial charge in [-0.1, -0.05) is 0 Å². The smallest absolute Gasteiger partial charge is 0.135 e. The first-order valence-electron chi connectivity index (χ1n) is 7.21. The molecule has 1 fully saturated rings. The third-order valence-corrected chi connectivity index (χ3v) is 4.79. The van der Waals surface area contributed by atoms with E-state index in [9.17, 15) is 4.79 Å². The second-order valence-corrected chi connectivity index (χ2v) is 7.10. The van der Waals surface area contributed by atoms with Crippen LogP contribution in [0.5, 0.6) is 0 Å². The molecule has 3 nitrogen and oxygen atoms in total. The Morgan fingerprint density at radius 2 is 2.37 bits per heavy atom. The Morgan fingerprint density at radius 3 is 3.05 bits per heavy atom. The standard InChI is InChI=1S/C15H24N2OS/c1-11(2)17-6-4-5-13(10-17)8-15-16-9-14(19-15)7-12(3)18/h9,11,13H,4-8,10H2,1-3H3. The van der Waals surface area contributed by atoms with Gasteiger partial charge in [0.15, 0.2) is 0 Å². The number of thiazole rings is 1. The number of carbonyl (C=O) groups is 1. The van der Waals surface area contributed by atoms with Crippen LogP contribution in [0.25, 0.3) is 0 Å². The fraction of sp³-hybridized carbons (Fsp3) is 0.733. The maximum absolute atomic E-state index is 11.1. The third-order valence-electron chi connectivity index (χ3n) is 3.77. The van der Waals surface area contributed by atoms with Gasteiger partial charge in [0.1, 0.15) is 5.78 Å². The molecule has 1 aliphatic rings. The number of carbonyl (C=O) groups excluding carboxylic acids is 1. The normalized spacial score (nSPS) is 20.9. The highest BCUT2D eigenvalue weighted by molar-refractivity contribution is 7.11. The molecule has 2 heterocycles.